The Hall–Kier alpha value is -2.93. The molecule has 1 aromatic carbocycles. The number of rotatable bonds is 7. The third-order valence-electron chi connectivity index (χ3n) is 7.29. The second-order valence-corrected chi connectivity index (χ2v) is 9.51. The standard InChI is InChI=1S/C26H33N5O2/c1-17-6-8-19(16-27-17)28-25(32)11-7-18-12-13-31(20-4-3-5-20)24(14-18)26-29-22-10-9-21(33-2)15-23(22)30-26/h6,8-10,15-16,18,20,24H,3-5,7,11-14H2,1-2H3,(H,28,32)(H,29,30)/t18?,24-/m1/s1. The Morgan fingerprint density at radius 2 is 2.12 bits per heavy atom. The number of ether oxygens (including phenoxy) is 1. The number of piperidine rings is 1. The summed E-state index contributed by atoms with van der Waals surface area (Å²) in [5.41, 5.74) is 3.71. The first-order valence-corrected chi connectivity index (χ1v) is 12.1. The van der Waals surface area contributed by atoms with Gasteiger partial charge in [-0.25, -0.2) is 4.98 Å². The average Bonchev–Trinajstić information content (AvgIpc) is 3.22. The Kier molecular flexibility index (Phi) is 6.31. The number of aromatic nitrogens is 3. The van der Waals surface area contributed by atoms with Gasteiger partial charge in [-0.1, -0.05) is 6.42 Å². The molecule has 2 fully saturated rings. The maximum Gasteiger partial charge on any atom is 0.224 e. The van der Waals surface area contributed by atoms with Gasteiger partial charge in [-0.2, -0.15) is 0 Å². The lowest BCUT2D eigenvalue weighted by Gasteiger charge is -2.46. The van der Waals surface area contributed by atoms with E-state index in [1.54, 1.807) is 13.3 Å². The quantitative estimate of drug-likeness (QED) is 0.533. The number of anilines is 1. The number of carbonyl (C=O) groups is 1. The minimum Gasteiger partial charge on any atom is -0.497 e. The van der Waals surface area contributed by atoms with Crippen molar-refractivity contribution in [3.05, 3.63) is 48.0 Å². The van der Waals surface area contributed by atoms with E-state index in [4.69, 9.17) is 9.72 Å². The summed E-state index contributed by atoms with van der Waals surface area (Å²) in [4.78, 5) is 28.0. The highest BCUT2D eigenvalue weighted by molar-refractivity contribution is 5.90. The van der Waals surface area contributed by atoms with Crippen molar-refractivity contribution in [3.8, 4) is 5.75 Å². The van der Waals surface area contributed by atoms with Crippen molar-refractivity contribution < 1.29 is 9.53 Å². The summed E-state index contributed by atoms with van der Waals surface area (Å²) in [6.45, 7) is 3.01. The molecule has 7 heteroatoms. The highest BCUT2D eigenvalue weighted by Crippen LogP contribution is 2.41. The molecule has 2 aliphatic rings. The number of carbonyl (C=O) groups excluding carboxylic acids is 1. The lowest BCUT2D eigenvalue weighted by Crippen LogP contribution is -2.47. The molecule has 2 N–H and O–H groups in total. The van der Waals surface area contributed by atoms with Gasteiger partial charge in [0.25, 0.3) is 0 Å². The van der Waals surface area contributed by atoms with Gasteiger partial charge in [0.05, 0.1) is 36.1 Å². The third-order valence-corrected chi connectivity index (χ3v) is 7.29. The summed E-state index contributed by atoms with van der Waals surface area (Å²) < 4.78 is 5.38. The summed E-state index contributed by atoms with van der Waals surface area (Å²) in [6, 6.07) is 10.8. The largest absolute Gasteiger partial charge is 0.497 e. The van der Waals surface area contributed by atoms with Gasteiger partial charge in [0.15, 0.2) is 0 Å². The van der Waals surface area contributed by atoms with Crippen LogP contribution >= 0.6 is 0 Å². The van der Waals surface area contributed by atoms with Gasteiger partial charge < -0.3 is 15.0 Å². The smallest absolute Gasteiger partial charge is 0.224 e. The Morgan fingerprint density at radius 1 is 1.24 bits per heavy atom. The fourth-order valence-electron chi connectivity index (χ4n) is 5.14. The van der Waals surface area contributed by atoms with Crippen LogP contribution < -0.4 is 10.1 Å². The molecule has 33 heavy (non-hydrogen) atoms. The van der Waals surface area contributed by atoms with Gasteiger partial charge >= 0.3 is 0 Å². The van der Waals surface area contributed by atoms with Crippen LogP contribution in [-0.2, 0) is 4.79 Å². The van der Waals surface area contributed by atoms with Crippen molar-refractivity contribution in [3.63, 3.8) is 0 Å². The number of aromatic amines is 1. The highest BCUT2D eigenvalue weighted by Gasteiger charge is 2.37. The Morgan fingerprint density at radius 3 is 2.85 bits per heavy atom. The number of methoxy groups -OCH3 is 1. The molecule has 1 saturated carbocycles. The van der Waals surface area contributed by atoms with E-state index in [9.17, 15) is 4.79 Å². The number of nitrogens with one attached hydrogen (secondary N) is 2. The van der Waals surface area contributed by atoms with Gasteiger partial charge in [-0.15, -0.1) is 0 Å². The summed E-state index contributed by atoms with van der Waals surface area (Å²) in [6.07, 6.45) is 9.21. The number of aryl methyl sites for hydroxylation is 1. The van der Waals surface area contributed by atoms with Crippen LogP contribution in [0.3, 0.4) is 0 Å². The van der Waals surface area contributed by atoms with Gasteiger partial charge in [-0.3, -0.25) is 14.7 Å². The molecule has 174 valence electrons. The Balaban J connectivity index is 1.26. The van der Waals surface area contributed by atoms with Crippen LogP contribution in [-0.4, -0.2) is 45.5 Å². The van der Waals surface area contributed by atoms with Crippen LogP contribution in [0.15, 0.2) is 36.5 Å². The van der Waals surface area contributed by atoms with Gasteiger partial charge in [0.2, 0.25) is 5.91 Å². The van der Waals surface area contributed by atoms with E-state index in [1.165, 1.54) is 19.3 Å². The number of imidazole rings is 1. The zero-order chi connectivity index (χ0) is 22.8. The number of nitrogens with zero attached hydrogens (tertiary/aromatic N) is 3. The van der Waals surface area contributed by atoms with E-state index in [-0.39, 0.29) is 11.9 Å². The minimum atomic E-state index is 0.0643. The molecule has 1 saturated heterocycles. The van der Waals surface area contributed by atoms with Gasteiger partial charge in [0, 0.05) is 24.2 Å². The number of H-pyrrole nitrogens is 1. The molecular weight excluding hydrogens is 414 g/mol. The zero-order valence-corrected chi connectivity index (χ0v) is 19.5. The molecule has 0 radical (unpaired) electrons. The molecule has 1 aliphatic carbocycles. The van der Waals surface area contributed by atoms with E-state index >= 15 is 0 Å². The monoisotopic (exact) mass is 447 g/mol. The molecule has 7 nitrogen and oxygen atoms in total. The summed E-state index contributed by atoms with van der Waals surface area (Å²) in [5, 5.41) is 2.98. The van der Waals surface area contributed by atoms with E-state index < -0.39 is 0 Å². The first-order valence-electron chi connectivity index (χ1n) is 12.1. The van der Waals surface area contributed by atoms with Crippen LogP contribution in [0.4, 0.5) is 5.69 Å². The lowest BCUT2D eigenvalue weighted by molar-refractivity contribution is -0.116. The summed E-state index contributed by atoms with van der Waals surface area (Å²) >= 11 is 0. The second-order valence-electron chi connectivity index (χ2n) is 9.51. The van der Waals surface area contributed by atoms with Crippen molar-refractivity contribution in [2.75, 3.05) is 19.0 Å². The molecule has 0 spiro atoms. The van der Waals surface area contributed by atoms with Crippen molar-refractivity contribution >= 4 is 22.6 Å². The number of benzene rings is 1. The van der Waals surface area contributed by atoms with Gasteiger partial charge in [0.1, 0.15) is 11.6 Å². The topological polar surface area (TPSA) is 83.1 Å². The number of pyridine rings is 1. The number of likely N-dealkylation sites (tertiary alicyclic amines) is 1. The molecule has 1 aliphatic heterocycles. The van der Waals surface area contributed by atoms with E-state index in [0.29, 0.717) is 18.4 Å². The van der Waals surface area contributed by atoms with Crippen LogP contribution in [0.5, 0.6) is 5.75 Å². The fraction of sp³-hybridized carbons (Fsp3) is 0.500. The normalized spacial score (nSPS) is 21.6. The molecule has 0 bridgehead atoms. The zero-order valence-electron chi connectivity index (χ0n) is 19.5. The molecular formula is C26H33N5O2. The van der Waals surface area contributed by atoms with Crippen LogP contribution in [0, 0.1) is 12.8 Å². The Labute approximate surface area is 195 Å². The summed E-state index contributed by atoms with van der Waals surface area (Å²) in [7, 11) is 1.69. The maximum absolute atomic E-state index is 12.5. The number of fused-ring (bicyclic) bond motifs is 1. The fourth-order valence-corrected chi connectivity index (χ4v) is 5.14. The summed E-state index contributed by atoms with van der Waals surface area (Å²) in [5.74, 6) is 2.46. The number of hydrogen-bond donors (Lipinski definition) is 2. The minimum absolute atomic E-state index is 0.0643. The second kappa shape index (κ2) is 9.51. The maximum atomic E-state index is 12.5. The number of hydrogen-bond acceptors (Lipinski definition) is 5. The molecule has 5 rings (SSSR count). The molecule has 2 atom stereocenters. The molecule has 3 heterocycles. The van der Waals surface area contributed by atoms with E-state index in [2.05, 4.69) is 20.2 Å². The Bertz CT molecular complexity index is 1110. The first-order chi connectivity index (χ1) is 16.1. The van der Waals surface area contributed by atoms with Crippen molar-refractivity contribution in [2.24, 2.45) is 5.92 Å². The van der Waals surface area contributed by atoms with Crippen LogP contribution in [0.2, 0.25) is 0 Å². The molecule has 1 amide bonds. The van der Waals surface area contributed by atoms with Crippen LogP contribution in [0.25, 0.3) is 11.0 Å². The predicted octanol–water partition coefficient (Wildman–Crippen LogP) is 5.00. The van der Waals surface area contributed by atoms with Crippen molar-refractivity contribution in [2.45, 2.75) is 64.0 Å². The van der Waals surface area contributed by atoms with Gasteiger partial charge in [-0.05, 0) is 75.8 Å². The van der Waals surface area contributed by atoms with E-state index in [1.807, 2.05) is 37.3 Å². The highest BCUT2D eigenvalue weighted by atomic mass is 16.5. The predicted molar refractivity (Wildman–Crippen MR) is 129 cm³/mol. The molecule has 1 unspecified atom stereocenters. The van der Waals surface area contributed by atoms with Crippen molar-refractivity contribution in [1.82, 2.24) is 19.9 Å². The number of amides is 1. The molecule has 3 aromatic rings. The third kappa shape index (κ3) is 4.88. The first kappa shape index (κ1) is 21.9. The molecule has 2 aromatic heterocycles. The average molecular weight is 448 g/mol. The van der Waals surface area contributed by atoms with Crippen LogP contribution in [0.1, 0.15) is 62.5 Å². The van der Waals surface area contributed by atoms with Crippen molar-refractivity contribution in [1.29, 1.82) is 0 Å². The SMILES string of the molecule is COc1ccc2nc([C@H]3CC(CCC(=O)Nc4ccc(C)nc4)CCN3C3CCC3)[nH]c2c1. The van der Waals surface area contributed by atoms with E-state index in [0.717, 1.165) is 59.8 Å². The lowest BCUT2D eigenvalue weighted by atomic mass is 9.82.